The Morgan fingerprint density at radius 2 is 2.07 bits per heavy atom. The predicted molar refractivity (Wildman–Crippen MR) is 56.8 cm³/mol. The van der Waals surface area contributed by atoms with Crippen LogP contribution in [-0.4, -0.2) is 41.1 Å². The standard InChI is InChI=1S/C10H22N2O2/c1-4-12(6-5-7-13)9(14)8-10(2,3)11/h13H,4-8,11H2,1-3H3. The van der Waals surface area contributed by atoms with Gasteiger partial charge in [0.15, 0.2) is 0 Å². The van der Waals surface area contributed by atoms with Crippen molar-refractivity contribution >= 4 is 5.91 Å². The Morgan fingerprint density at radius 1 is 1.50 bits per heavy atom. The summed E-state index contributed by atoms with van der Waals surface area (Å²) < 4.78 is 0. The van der Waals surface area contributed by atoms with Crippen molar-refractivity contribution in [2.45, 2.75) is 39.2 Å². The van der Waals surface area contributed by atoms with E-state index in [1.54, 1.807) is 4.90 Å². The lowest BCUT2D eigenvalue weighted by Crippen LogP contribution is -2.41. The number of aliphatic hydroxyl groups is 1. The fourth-order valence-corrected chi connectivity index (χ4v) is 1.22. The van der Waals surface area contributed by atoms with E-state index in [1.165, 1.54) is 0 Å². The van der Waals surface area contributed by atoms with Crippen molar-refractivity contribution in [3.63, 3.8) is 0 Å². The number of carbonyl (C=O) groups excluding carboxylic acids is 1. The molecule has 0 spiro atoms. The van der Waals surface area contributed by atoms with Gasteiger partial charge in [-0.05, 0) is 27.2 Å². The molecule has 0 saturated heterocycles. The second-order valence-electron chi connectivity index (χ2n) is 4.22. The molecule has 4 nitrogen and oxygen atoms in total. The van der Waals surface area contributed by atoms with E-state index in [2.05, 4.69) is 0 Å². The Bertz CT molecular complexity index is 175. The summed E-state index contributed by atoms with van der Waals surface area (Å²) in [7, 11) is 0. The number of amides is 1. The number of aliphatic hydroxyl groups excluding tert-OH is 1. The minimum absolute atomic E-state index is 0.0634. The third-order valence-electron chi connectivity index (χ3n) is 1.93. The third-order valence-corrected chi connectivity index (χ3v) is 1.93. The second kappa shape index (κ2) is 5.98. The number of nitrogens with two attached hydrogens (primary N) is 1. The monoisotopic (exact) mass is 202 g/mol. The second-order valence-corrected chi connectivity index (χ2v) is 4.22. The number of hydrogen-bond acceptors (Lipinski definition) is 3. The fraction of sp³-hybridized carbons (Fsp3) is 0.900. The molecule has 0 bridgehead atoms. The summed E-state index contributed by atoms with van der Waals surface area (Å²) in [4.78, 5) is 13.4. The lowest BCUT2D eigenvalue weighted by Gasteiger charge is -2.25. The zero-order valence-corrected chi connectivity index (χ0v) is 9.42. The van der Waals surface area contributed by atoms with Gasteiger partial charge in [-0.3, -0.25) is 4.79 Å². The summed E-state index contributed by atoms with van der Waals surface area (Å²) in [5.74, 6) is 0.0634. The molecule has 14 heavy (non-hydrogen) atoms. The molecule has 4 heteroatoms. The van der Waals surface area contributed by atoms with Gasteiger partial charge >= 0.3 is 0 Å². The molecule has 0 aliphatic carbocycles. The van der Waals surface area contributed by atoms with Gasteiger partial charge in [0, 0.05) is 31.7 Å². The lowest BCUT2D eigenvalue weighted by atomic mass is 10.0. The molecule has 0 aliphatic heterocycles. The maximum Gasteiger partial charge on any atom is 0.224 e. The molecule has 0 aromatic heterocycles. The summed E-state index contributed by atoms with van der Waals surface area (Å²) in [6.45, 7) is 7.01. The highest BCUT2D eigenvalue weighted by molar-refractivity contribution is 5.77. The predicted octanol–water partition coefficient (Wildman–Crippen LogP) is 0.345. The molecule has 0 heterocycles. The van der Waals surface area contributed by atoms with E-state index in [1.807, 2.05) is 20.8 Å². The molecule has 0 fully saturated rings. The van der Waals surface area contributed by atoms with Crippen LogP contribution < -0.4 is 5.73 Å². The van der Waals surface area contributed by atoms with Gasteiger partial charge in [0.1, 0.15) is 0 Å². The first kappa shape index (κ1) is 13.4. The minimum atomic E-state index is -0.455. The maximum atomic E-state index is 11.7. The van der Waals surface area contributed by atoms with Gasteiger partial charge in [0.2, 0.25) is 5.91 Å². The minimum Gasteiger partial charge on any atom is -0.396 e. The van der Waals surface area contributed by atoms with Crippen LogP contribution >= 0.6 is 0 Å². The van der Waals surface area contributed by atoms with Crippen molar-refractivity contribution in [2.75, 3.05) is 19.7 Å². The SMILES string of the molecule is CCN(CCCO)C(=O)CC(C)(C)N. The van der Waals surface area contributed by atoms with E-state index in [0.29, 0.717) is 25.9 Å². The van der Waals surface area contributed by atoms with Crippen molar-refractivity contribution in [2.24, 2.45) is 5.73 Å². The van der Waals surface area contributed by atoms with Crippen molar-refractivity contribution in [1.82, 2.24) is 4.90 Å². The van der Waals surface area contributed by atoms with E-state index >= 15 is 0 Å². The molecule has 0 atom stereocenters. The quantitative estimate of drug-likeness (QED) is 0.653. The topological polar surface area (TPSA) is 66.6 Å². The Kier molecular flexibility index (Phi) is 5.72. The zero-order chi connectivity index (χ0) is 11.2. The molecule has 1 amide bonds. The molecule has 0 rings (SSSR count). The van der Waals surface area contributed by atoms with E-state index in [0.717, 1.165) is 0 Å². The third kappa shape index (κ3) is 5.94. The van der Waals surface area contributed by atoms with Crippen molar-refractivity contribution < 1.29 is 9.90 Å². The first-order valence-corrected chi connectivity index (χ1v) is 5.08. The van der Waals surface area contributed by atoms with Crippen molar-refractivity contribution in [1.29, 1.82) is 0 Å². The van der Waals surface area contributed by atoms with E-state index < -0.39 is 5.54 Å². The first-order chi connectivity index (χ1) is 6.40. The smallest absolute Gasteiger partial charge is 0.224 e. The molecule has 3 N–H and O–H groups in total. The normalized spacial score (nSPS) is 11.5. The van der Waals surface area contributed by atoms with Crippen LogP contribution in [0.1, 0.15) is 33.6 Å². The van der Waals surface area contributed by atoms with Crippen LogP contribution in [0.3, 0.4) is 0 Å². The largest absolute Gasteiger partial charge is 0.396 e. The summed E-state index contributed by atoms with van der Waals surface area (Å²) in [6, 6.07) is 0. The van der Waals surface area contributed by atoms with Crippen LogP contribution in [0.25, 0.3) is 0 Å². The van der Waals surface area contributed by atoms with Gasteiger partial charge in [0.25, 0.3) is 0 Å². The maximum absolute atomic E-state index is 11.7. The molecular formula is C10H22N2O2. The van der Waals surface area contributed by atoms with E-state index in [4.69, 9.17) is 10.8 Å². The van der Waals surface area contributed by atoms with Gasteiger partial charge in [-0.1, -0.05) is 0 Å². The molecule has 0 aromatic rings. The lowest BCUT2D eigenvalue weighted by molar-refractivity contribution is -0.132. The van der Waals surface area contributed by atoms with Crippen LogP contribution in [-0.2, 0) is 4.79 Å². The van der Waals surface area contributed by atoms with Gasteiger partial charge < -0.3 is 15.7 Å². The van der Waals surface area contributed by atoms with E-state index in [9.17, 15) is 4.79 Å². The molecule has 84 valence electrons. The van der Waals surface area contributed by atoms with Crippen molar-refractivity contribution in [3.05, 3.63) is 0 Å². The van der Waals surface area contributed by atoms with Gasteiger partial charge in [-0.2, -0.15) is 0 Å². The Labute approximate surface area is 86.1 Å². The van der Waals surface area contributed by atoms with Crippen LogP contribution in [0.4, 0.5) is 0 Å². The van der Waals surface area contributed by atoms with E-state index in [-0.39, 0.29) is 12.5 Å². The highest BCUT2D eigenvalue weighted by atomic mass is 16.3. The first-order valence-electron chi connectivity index (χ1n) is 5.08. The van der Waals surface area contributed by atoms with Crippen LogP contribution in [0.2, 0.25) is 0 Å². The summed E-state index contributed by atoms with van der Waals surface area (Å²) in [5.41, 5.74) is 5.31. The average Bonchev–Trinajstić information content (AvgIpc) is 2.02. The van der Waals surface area contributed by atoms with Gasteiger partial charge in [-0.25, -0.2) is 0 Å². The van der Waals surface area contributed by atoms with Crippen LogP contribution in [0, 0.1) is 0 Å². The molecule has 0 saturated carbocycles. The molecule has 0 unspecified atom stereocenters. The van der Waals surface area contributed by atoms with Crippen molar-refractivity contribution in [3.8, 4) is 0 Å². The highest BCUT2D eigenvalue weighted by Gasteiger charge is 2.20. The number of rotatable bonds is 6. The molecule has 0 radical (unpaired) electrons. The summed E-state index contributed by atoms with van der Waals surface area (Å²) in [5, 5.41) is 8.66. The van der Waals surface area contributed by atoms with Gasteiger partial charge in [-0.15, -0.1) is 0 Å². The number of nitrogens with zero attached hydrogens (tertiary/aromatic N) is 1. The van der Waals surface area contributed by atoms with Gasteiger partial charge in [0.05, 0.1) is 0 Å². The average molecular weight is 202 g/mol. The zero-order valence-electron chi connectivity index (χ0n) is 9.42. The highest BCUT2D eigenvalue weighted by Crippen LogP contribution is 2.07. The van der Waals surface area contributed by atoms with Crippen LogP contribution in [0.15, 0.2) is 0 Å². The Hall–Kier alpha value is -0.610. The molecule has 0 aliphatic rings. The Balaban J connectivity index is 4.04. The summed E-state index contributed by atoms with van der Waals surface area (Å²) in [6.07, 6.45) is 0.983. The Morgan fingerprint density at radius 3 is 2.43 bits per heavy atom. The van der Waals surface area contributed by atoms with Crippen LogP contribution in [0.5, 0.6) is 0 Å². The number of hydrogen-bond donors (Lipinski definition) is 2. The fourth-order valence-electron chi connectivity index (χ4n) is 1.22. The number of carbonyl (C=O) groups is 1. The molecular weight excluding hydrogens is 180 g/mol. The molecule has 0 aromatic carbocycles. The summed E-state index contributed by atoms with van der Waals surface area (Å²) >= 11 is 0.